The van der Waals surface area contributed by atoms with Crippen LogP contribution in [0.1, 0.15) is 5.56 Å². The molecule has 2 heterocycles. The quantitative estimate of drug-likeness (QED) is 0.759. The highest BCUT2D eigenvalue weighted by molar-refractivity contribution is 5.60. The third-order valence-corrected chi connectivity index (χ3v) is 1.92. The van der Waals surface area contributed by atoms with Crippen molar-refractivity contribution in [1.82, 2.24) is 15.0 Å². The highest BCUT2D eigenvalue weighted by Crippen LogP contribution is 2.16. The van der Waals surface area contributed by atoms with Gasteiger partial charge < -0.3 is 5.73 Å². The Bertz CT molecular complexity index is 413. The molecular formula is C10H10N4. The van der Waals surface area contributed by atoms with E-state index in [-0.39, 0.29) is 0 Å². The highest BCUT2D eigenvalue weighted by Gasteiger charge is 1.98. The number of rotatable bonds is 2. The molecule has 0 aliphatic heterocycles. The summed E-state index contributed by atoms with van der Waals surface area (Å²) in [6, 6.07) is 1.99. The molecule has 2 aromatic rings. The molecule has 0 unspecified atom stereocenters. The van der Waals surface area contributed by atoms with Crippen LogP contribution in [0.4, 0.5) is 0 Å². The third-order valence-electron chi connectivity index (χ3n) is 1.92. The van der Waals surface area contributed by atoms with Gasteiger partial charge in [-0.15, -0.1) is 0 Å². The number of nitrogens with zero attached hydrogens (tertiary/aromatic N) is 3. The van der Waals surface area contributed by atoms with Gasteiger partial charge in [0.05, 0.1) is 0 Å². The Hall–Kier alpha value is -1.81. The second-order valence-electron chi connectivity index (χ2n) is 2.91. The molecule has 0 aliphatic carbocycles. The van der Waals surface area contributed by atoms with Crippen molar-refractivity contribution in [3.63, 3.8) is 0 Å². The first-order valence-electron chi connectivity index (χ1n) is 4.29. The topological polar surface area (TPSA) is 64.7 Å². The van der Waals surface area contributed by atoms with Crippen LogP contribution in [0.25, 0.3) is 11.1 Å². The van der Waals surface area contributed by atoms with Crippen LogP contribution in [0.5, 0.6) is 0 Å². The van der Waals surface area contributed by atoms with E-state index in [0.717, 1.165) is 16.7 Å². The number of aromatic nitrogens is 3. The average Bonchev–Trinajstić information content (AvgIpc) is 2.30. The van der Waals surface area contributed by atoms with E-state index in [9.17, 15) is 0 Å². The predicted octanol–water partition coefficient (Wildman–Crippen LogP) is 0.997. The summed E-state index contributed by atoms with van der Waals surface area (Å²) in [5, 5.41) is 0. The van der Waals surface area contributed by atoms with Gasteiger partial charge in [0.15, 0.2) is 0 Å². The second-order valence-corrected chi connectivity index (χ2v) is 2.91. The van der Waals surface area contributed by atoms with Gasteiger partial charge in [0, 0.05) is 42.5 Å². The fourth-order valence-corrected chi connectivity index (χ4v) is 1.21. The van der Waals surface area contributed by atoms with E-state index in [4.69, 9.17) is 5.73 Å². The van der Waals surface area contributed by atoms with Crippen molar-refractivity contribution in [2.75, 3.05) is 0 Å². The minimum absolute atomic E-state index is 0.495. The summed E-state index contributed by atoms with van der Waals surface area (Å²) in [5.41, 5.74) is 8.48. The van der Waals surface area contributed by atoms with Crippen molar-refractivity contribution in [2.24, 2.45) is 5.73 Å². The van der Waals surface area contributed by atoms with E-state index in [1.807, 2.05) is 6.07 Å². The van der Waals surface area contributed by atoms with E-state index in [1.54, 1.807) is 24.8 Å². The first-order valence-corrected chi connectivity index (χ1v) is 4.29. The summed E-state index contributed by atoms with van der Waals surface area (Å²) in [6.07, 6.45) is 8.55. The number of nitrogens with two attached hydrogens (primary N) is 1. The number of pyridine rings is 1. The van der Waals surface area contributed by atoms with Gasteiger partial charge in [-0.05, 0) is 11.6 Å². The zero-order valence-corrected chi connectivity index (χ0v) is 7.59. The maximum Gasteiger partial charge on any atom is 0.115 e. The fourth-order valence-electron chi connectivity index (χ4n) is 1.21. The molecule has 0 atom stereocenters. The molecular weight excluding hydrogens is 176 g/mol. The summed E-state index contributed by atoms with van der Waals surface area (Å²) in [6.45, 7) is 0.495. The van der Waals surface area contributed by atoms with Crippen molar-refractivity contribution >= 4 is 0 Å². The molecule has 0 aliphatic rings. The van der Waals surface area contributed by atoms with Crippen molar-refractivity contribution in [3.8, 4) is 11.1 Å². The molecule has 0 radical (unpaired) electrons. The van der Waals surface area contributed by atoms with E-state index < -0.39 is 0 Å². The molecule has 0 spiro atoms. The molecule has 70 valence electrons. The maximum absolute atomic E-state index is 5.53. The Morgan fingerprint density at radius 3 is 2.36 bits per heavy atom. The molecule has 0 aromatic carbocycles. The zero-order valence-electron chi connectivity index (χ0n) is 7.59. The van der Waals surface area contributed by atoms with Gasteiger partial charge in [0.25, 0.3) is 0 Å². The van der Waals surface area contributed by atoms with Crippen LogP contribution in [0.15, 0.2) is 37.2 Å². The van der Waals surface area contributed by atoms with Gasteiger partial charge >= 0.3 is 0 Å². The average molecular weight is 186 g/mol. The monoisotopic (exact) mass is 186 g/mol. The molecule has 2 aromatic heterocycles. The lowest BCUT2D eigenvalue weighted by atomic mass is 10.1. The number of hydrogen-bond donors (Lipinski definition) is 1. The van der Waals surface area contributed by atoms with Crippen LogP contribution in [0.2, 0.25) is 0 Å². The molecule has 14 heavy (non-hydrogen) atoms. The predicted molar refractivity (Wildman–Crippen MR) is 53.2 cm³/mol. The minimum Gasteiger partial charge on any atom is -0.326 e. The normalized spacial score (nSPS) is 10.1. The van der Waals surface area contributed by atoms with E-state index >= 15 is 0 Å². The van der Waals surface area contributed by atoms with Crippen LogP contribution in [-0.4, -0.2) is 15.0 Å². The van der Waals surface area contributed by atoms with Crippen LogP contribution >= 0.6 is 0 Å². The second kappa shape index (κ2) is 3.93. The molecule has 0 amide bonds. The van der Waals surface area contributed by atoms with Crippen molar-refractivity contribution in [3.05, 3.63) is 42.7 Å². The lowest BCUT2D eigenvalue weighted by molar-refractivity contribution is 1.05. The Balaban J connectivity index is 2.42. The van der Waals surface area contributed by atoms with Crippen LogP contribution < -0.4 is 5.73 Å². The summed E-state index contributed by atoms with van der Waals surface area (Å²) in [7, 11) is 0. The molecule has 2 rings (SSSR count). The Morgan fingerprint density at radius 1 is 0.929 bits per heavy atom. The minimum atomic E-state index is 0.495. The fraction of sp³-hybridized carbons (Fsp3) is 0.100. The first kappa shape index (κ1) is 8.77. The standard InChI is InChI=1S/C10H10N4/c11-2-8-1-9(4-12-3-8)10-5-13-7-14-6-10/h1,3-7H,2,11H2. The van der Waals surface area contributed by atoms with Crippen LogP contribution in [-0.2, 0) is 6.54 Å². The van der Waals surface area contributed by atoms with E-state index in [1.165, 1.54) is 6.33 Å². The van der Waals surface area contributed by atoms with Gasteiger partial charge in [-0.2, -0.15) is 0 Å². The van der Waals surface area contributed by atoms with Gasteiger partial charge in [0.1, 0.15) is 6.33 Å². The zero-order chi connectivity index (χ0) is 9.80. The third kappa shape index (κ3) is 1.75. The van der Waals surface area contributed by atoms with Crippen molar-refractivity contribution < 1.29 is 0 Å². The first-order chi connectivity index (χ1) is 6.90. The molecule has 0 fully saturated rings. The smallest absolute Gasteiger partial charge is 0.115 e. The lowest BCUT2D eigenvalue weighted by Gasteiger charge is -2.01. The molecule has 0 saturated carbocycles. The summed E-state index contributed by atoms with van der Waals surface area (Å²) in [5.74, 6) is 0. The Kier molecular flexibility index (Phi) is 2.46. The van der Waals surface area contributed by atoms with Crippen molar-refractivity contribution in [2.45, 2.75) is 6.54 Å². The van der Waals surface area contributed by atoms with Gasteiger partial charge in [-0.3, -0.25) is 4.98 Å². The molecule has 4 heteroatoms. The number of hydrogen-bond acceptors (Lipinski definition) is 4. The van der Waals surface area contributed by atoms with E-state index in [2.05, 4.69) is 15.0 Å². The molecule has 2 N–H and O–H groups in total. The summed E-state index contributed by atoms with van der Waals surface area (Å²) in [4.78, 5) is 12.0. The molecule has 0 saturated heterocycles. The Morgan fingerprint density at radius 2 is 1.64 bits per heavy atom. The Labute approximate surface area is 81.9 Å². The van der Waals surface area contributed by atoms with Crippen molar-refractivity contribution in [1.29, 1.82) is 0 Å². The van der Waals surface area contributed by atoms with E-state index in [0.29, 0.717) is 6.54 Å². The highest BCUT2D eigenvalue weighted by atomic mass is 14.8. The van der Waals surface area contributed by atoms with Gasteiger partial charge in [-0.1, -0.05) is 0 Å². The summed E-state index contributed by atoms with van der Waals surface area (Å²) < 4.78 is 0. The van der Waals surface area contributed by atoms with Crippen LogP contribution in [0.3, 0.4) is 0 Å². The SMILES string of the molecule is NCc1cncc(-c2cncnc2)c1. The van der Waals surface area contributed by atoms with Crippen LogP contribution in [0, 0.1) is 0 Å². The van der Waals surface area contributed by atoms with Gasteiger partial charge in [0.2, 0.25) is 0 Å². The molecule has 4 nitrogen and oxygen atoms in total. The lowest BCUT2D eigenvalue weighted by Crippen LogP contribution is -1.97. The largest absolute Gasteiger partial charge is 0.326 e. The molecule has 0 bridgehead atoms. The summed E-state index contributed by atoms with van der Waals surface area (Å²) >= 11 is 0. The maximum atomic E-state index is 5.53. The van der Waals surface area contributed by atoms with Gasteiger partial charge in [-0.25, -0.2) is 9.97 Å².